The first kappa shape index (κ1) is 16.3. The summed E-state index contributed by atoms with van der Waals surface area (Å²) in [6.07, 6.45) is 11.4. The smallest absolute Gasteiger partial charge is 0.123 e. The largest absolute Gasteiger partial charge is 0.302 e. The number of benzene rings is 1. The molecule has 2 nitrogen and oxygen atoms in total. The summed E-state index contributed by atoms with van der Waals surface area (Å²) in [5.41, 5.74) is 1.63. The molecule has 1 aromatic carbocycles. The normalized spacial score (nSPS) is 29.0. The van der Waals surface area contributed by atoms with Crippen LogP contribution in [0.1, 0.15) is 37.7 Å². The zero-order valence-corrected chi connectivity index (χ0v) is 14.6. The van der Waals surface area contributed by atoms with Crippen molar-refractivity contribution in [2.75, 3.05) is 39.3 Å². The molecule has 2 aliphatic heterocycles. The van der Waals surface area contributed by atoms with Crippen molar-refractivity contribution in [3.63, 3.8) is 0 Å². The van der Waals surface area contributed by atoms with E-state index < -0.39 is 0 Å². The van der Waals surface area contributed by atoms with Crippen molar-refractivity contribution in [2.45, 2.75) is 32.1 Å². The Hall–Kier alpha value is -1.19. The van der Waals surface area contributed by atoms with Gasteiger partial charge in [-0.1, -0.05) is 24.3 Å². The predicted octanol–water partition coefficient (Wildman–Crippen LogP) is 4.04. The minimum atomic E-state index is -0.165. The highest BCUT2D eigenvalue weighted by Crippen LogP contribution is 2.40. The number of rotatable bonds is 5. The van der Waals surface area contributed by atoms with Crippen molar-refractivity contribution < 1.29 is 4.39 Å². The molecule has 1 aliphatic carbocycles. The number of hydrogen-bond acceptors (Lipinski definition) is 2. The second-order valence-corrected chi connectivity index (χ2v) is 8.22. The van der Waals surface area contributed by atoms with Gasteiger partial charge in [-0.3, -0.25) is 4.90 Å². The van der Waals surface area contributed by atoms with Crippen LogP contribution in [0.5, 0.6) is 0 Å². The summed E-state index contributed by atoms with van der Waals surface area (Å²) in [5, 5.41) is 0. The average molecular weight is 328 g/mol. The predicted molar refractivity (Wildman–Crippen MR) is 97.3 cm³/mol. The Morgan fingerprint density at radius 1 is 1.04 bits per heavy atom. The summed E-state index contributed by atoms with van der Waals surface area (Å²) in [6.45, 7) is 7.49. The van der Waals surface area contributed by atoms with Crippen molar-refractivity contribution in [3.05, 3.63) is 41.7 Å². The highest BCUT2D eigenvalue weighted by Gasteiger charge is 2.41. The van der Waals surface area contributed by atoms with Crippen molar-refractivity contribution in [1.82, 2.24) is 9.80 Å². The summed E-state index contributed by atoms with van der Waals surface area (Å²) in [7, 11) is 0. The number of hydrogen-bond donors (Lipinski definition) is 0. The molecule has 0 unspecified atom stereocenters. The van der Waals surface area contributed by atoms with Crippen LogP contribution in [-0.4, -0.2) is 49.1 Å². The lowest BCUT2D eigenvalue weighted by Gasteiger charge is -2.40. The van der Waals surface area contributed by atoms with E-state index >= 15 is 0 Å². The second-order valence-electron chi connectivity index (χ2n) is 8.22. The van der Waals surface area contributed by atoms with Crippen LogP contribution in [0.2, 0.25) is 0 Å². The first-order chi connectivity index (χ1) is 11.7. The first-order valence-electron chi connectivity index (χ1n) is 9.58. The zero-order chi connectivity index (χ0) is 16.4. The third-order valence-corrected chi connectivity index (χ3v) is 6.02. The fraction of sp³-hybridized carbons (Fsp3) is 0.619. The summed E-state index contributed by atoms with van der Waals surface area (Å²) < 4.78 is 12.9. The van der Waals surface area contributed by atoms with Crippen LogP contribution < -0.4 is 0 Å². The molecule has 1 aromatic rings. The van der Waals surface area contributed by atoms with Gasteiger partial charge in [0.1, 0.15) is 5.82 Å². The molecule has 4 rings (SSSR count). The Kier molecular flexibility index (Phi) is 4.73. The molecule has 0 N–H and O–H groups in total. The fourth-order valence-corrected chi connectivity index (χ4v) is 4.56. The zero-order valence-electron chi connectivity index (χ0n) is 14.6. The van der Waals surface area contributed by atoms with E-state index in [1.165, 1.54) is 77.0 Å². The van der Waals surface area contributed by atoms with Crippen LogP contribution in [0.25, 0.3) is 6.08 Å². The molecule has 0 radical (unpaired) electrons. The molecule has 2 heterocycles. The lowest BCUT2D eigenvalue weighted by Crippen LogP contribution is -2.45. The van der Waals surface area contributed by atoms with Crippen molar-refractivity contribution in [1.29, 1.82) is 0 Å². The van der Waals surface area contributed by atoms with Gasteiger partial charge >= 0.3 is 0 Å². The van der Waals surface area contributed by atoms with E-state index in [0.29, 0.717) is 5.41 Å². The minimum Gasteiger partial charge on any atom is -0.302 e. The summed E-state index contributed by atoms with van der Waals surface area (Å²) >= 11 is 0. The molecule has 3 fully saturated rings. The summed E-state index contributed by atoms with van der Waals surface area (Å²) in [6, 6.07) is 6.74. The Balaban J connectivity index is 1.28. The van der Waals surface area contributed by atoms with Crippen LogP contribution in [0, 0.1) is 17.2 Å². The van der Waals surface area contributed by atoms with Gasteiger partial charge in [0.2, 0.25) is 0 Å². The Bertz CT molecular complexity index is 578. The second kappa shape index (κ2) is 6.97. The molecule has 3 aliphatic rings. The van der Waals surface area contributed by atoms with Gasteiger partial charge in [-0.15, -0.1) is 0 Å². The third kappa shape index (κ3) is 4.07. The molecule has 24 heavy (non-hydrogen) atoms. The van der Waals surface area contributed by atoms with E-state index in [9.17, 15) is 4.39 Å². The lowest BCUT2D eigenvalue weighted by molar-refractivity contribution is 0.0905. The quantitative estimate of drug-likeness (QED) is 0.805. The van der Waals surface area contributed by atoms with Crippen molar-refractivity contribution >= 4 is 6.08 Å². The molecule has 1 atom stereocenters. The maximum atomic E-state index is 12.9. The molecular formula is C21H29FN2. The molecule has 130 valence electrons. The summed E-state index contributed by atoms with van der Waals surface area (Å²) in [4.78, 5) is 5.35. The Labute approximate surface area is 145 Å². The van der Waals surface area contributed by atoms with Crippen LogP contribution in [0.3, 0.4) is 0 Å². The SMILES string of the molecule is Fc1ccc(/C=C/CN2CC[C@@]3(CCCN(CC4CC4)C3)C2)cc1. The topological polar surface area (TPSA) is 6.48 Å². The van der Waals surface area contributed by atoms with Gasteiger partial charge in [0.15, 0.2) is 0 Å². The number of piperidine rings is 1. The van der Waals surface area contributed by atoms with Crippen LogP contribution in [-0.2, 0) is 0 Å². The van der Waals surface area contributed by atoms with E-state index in [1.807, 2.05) is 12.1 Å². The van der Waals surface area contributed by atoms with Gasteiger partial charge in [0, 0.05) is 26.2 Å². The molecule has 3 heteroatoms. The van der Waals surface area contributed by atoms with Gasteiger partial charge in [-0.05, 0) is 74.2 Å². The van der Waals surface area contributed by atoms with Gasteiger partial charge in [0.05, 0.1) is 0 Å². The van der Waals surface area contributed by atoms with Gasteiger partial charge < -0.3 is 4.90 Å². The first-order valence-corrected chi connectivity index (χ1v) is 9.58. The fourth-order valence-electron chi connectivity index (χ4n) is 4.56. The van der Waals surface area contributed by atoms with Gasteiger partial charge in [-0.25, -0.2) is 4.39 Å². The van der Waals surface area contributed by atoms with Crippen LogP contribution >= 0.6 is 0 Å². The van der Waals surface area contributed by atoms with E-state index in [1.54, 1.807) is 0 Å². The molecule has 2 saturated heterocycles. The number of halogens is 1. The summed E-state index contributed by atoms with van der Waals surface area (Å²) in [5.74, 6) is 0.845. The Morgan fingerprint density at radius 3 is 2.62 bits per heavy atom. The van der Waals surface area contributed by atoms with Crippen molar-refractivity contribution in [3.8, 4) is 0 Å². The molecule has 1 saturated carbocycles. The average Bonchev–Trinajstić information content (AvgIpc) is 3.31. The van der Waals surface area contributed by atoms with Crippen LogP contribution in [0.4, 0.5) is 4.39 Å². The lowest BCUT2D eigenvalue weighted by atomic mass is 9.79. The van der Waals surface area contributed by atoms with Crippen LogP contribution in [0.15, 0.2) is 30.3 Å². The minimum absolute atomic E-state index is 0.165. The van der Waals surface area contributed by atoms with E-state index in [2.05, 4.69) is 22.0 Å². The van der Waals surface area contributed by atoms with E-state index in [0.717, 1.165) is 18.0 Å². The van der Waals surface area contributed by atoms with E-state index in [-0.39, 0.29) is 5.82 Å². The molecule has 0 bridgehead atoms. The highest BCUT2D eigenvalue weighted by molar-refractivity contribution is 5.48. The molecular weight excluding hydrogens is 299 g/mol. The number of likely N-dealkylation sites (tertiary alicyclic amines) is 2. The molecule has 0 amide bonds. The maximum absolute atomic E-state index is 12.9. The van der Waals surface area contributed by atoms with E-state index in [4.69, 9.17) is 0 Å². The Morgan fingerprint density at radius 2 is 1.83 bits per heavy atom. The highest BCUT2D eigenvalue weighted by atomic mass is 19.1. The molecule has 1 spiro atoms. The monoisotopic (exact) mass is 328 g/mol. The standard InChI is InChI=1S/C21H29FN2/c22-20-8-6-18(7-9-20)3-1-12-23-14-11-21(16-23)10-2-13-24(17-21)15-19-4-5-19/h1,3,6-9,19H,2,4-5,10-17H2/b3-1+/t21-/m0/s1. The van der Waals surface area contributed by atoms with Gasteiger partial charge in [-0.2, -0.15) is 0 Å². The third-order valence-electron chi connectivity index (χ3n) is 6.02. The van der Waals surface area contributed by atoms with Crippen molar-refractivity contribution in [2.24, 2.45) is 11.3 Å². The molecule has 0 aromatic heterocycles. The number of nitrogens with zero attached hydrogens (tertiary/aromatic N) is 2. The maximum Gasteiger partial charge on any atom is 0.123 e. The van der Waals surface area contributed by atoms with Gasteiger partial charge in [0.25, 0.3) is 0 Å².